The number of benzene rings is 2. The lowest BCUT2D eigenvalue weighted by Gasteiger charge is -2.21. The first kappa shape index (κ1) is 17.5. The first-order valence-corrected chi connectivity index (χ1v) is 9.99. The molecule has 5 nitrogen and oxygen atoms in total. The molecule has 138 valence electrons. The summed E-state index contributed by atoms with van der Waals surface area (Å²) >= 11 is 0. The van der Waals surface area contributed by atoms with Crippen molar-refractivity contribution in [2.75, 3.05) is 7.11 Å². The lowest BCUT2D eigenvalue weighted by Crippen LogP contribution is -2.23. The van der Waals surface area contributed by atoms with Crippen LogP contribution in [0.4, 0.5) is 0 Å². The molecule has 0 saturated carbocycles. The van der Waals surface area contributed by atoms with Gasteiger partial charge in [0.15, 0.2) is 0 Å². The Morgan fingerprint density at radius 1 is 1.00 bits per heavy atom. The molecule has 0 unspecified atom stereocenters. The van der Waals surface area contributed by atoms with Gasteiger partial charge in [-0.1, -0.05) is 56.3 Å². The van der Waals surface area contributed by atoms with Crippen LogP contribution in [-0.2, 0) is 25.0 Å². The number of fused-ring (bicyclic) bond motifs is 3. The molecule has 0 atom stereocenters. The van der Waals surface area contributed by atoms with Crippen molar-refractivity contribution in [2.24, 2.45) is 0 Å². The third kappa shape index (κ3) is 2.44. The van der Waals surface area contributed by atoms with Crippen LogP contribution in [0.5, 0.6) is 0 Å². The zero-order chi connectivity index (χ0) is 19.4. The highest BCUT2D eigenvalue weighted by atomic mass is 32.2. The van der Waals surface area contributed by atoms with Gasteiger partial charge in [-0.05, 0) is 18.2 Å². The van der Waals surface area contributed by atoms with Gasteiger partial charge in [0, 0.05) is 16.4 Å². The van der Waals surface area contributed by atoms with Gasteiger partial charge in [0.2, 0.25) is 0 Å². The van der Waals surface area contributed by atoms with E-state index in [0.717, 1.165) is 0 Å². The molecule has 27 heavy (non-hydrogen) atoms. The van der Waals surface area contributed by atoms with Crippen molar-refractivity contribution in [3.8, 4) is 0 Å². The quantitative estimate of drug-likeness (QED) is 0.649. The summed E-state index contributed by atoms with van der Waals surface area (Å²) in [6, 6.07) is 15.6. The van der Waals surface area contributed by atoms with Gasteiger partial charge in [-0.3, -0.25) is 0 Å². The van der Waals surface area contributed by atoms with E-state index in [9.17, 15) is 13.2 Å². The Hall–Kier alpha value is -2.86. The minimum atomic E-state index is -3.84. The number of rotatable bonds is 3. The van der Waals surface area contributed by atoms with Gasteiger partial charge in [-0.25, -0.2) is 17.2 Å². The van der Waals surface area contributed by atoms with Crippen LogP contribution in [0.15, 0.2) is 65.6 Å². The van der Waals surface area contributed by atoms with Gasteiger partial charge in [-0.2, -0.15) is 0 Å². The number of carbonyl (C=O) groups excluding carboxylic acids is 1. The van der Waals surface area contributed by atoms with Gasteiger partial charge >= 0.3 is 5.97 Å². The summed E-state index contributed by atoms with van der Waals surface area (Å²) in [5, 5.41) is 0.717. The standard InChI is InChI=1S/C21H19NO4S/c1-21(2)13-16(20(23)26-3)18-15-11-7-8-12-17(15)22(19(18)21)27(24,25)14-9-5-4-6-10-14/h4-13H,1-3H3. The van der Waals surface area contributed by atoms with Crippen LogP contribution in [0.2, 0.25) is 0 Å². The van der Waals surface area contributed by atoms with E-state index in [1.165, 1.54) is 11.1 Å². The number of para-hydroxylation sites is 1. The van der Waals surface area contributed by atoms with Crippen LogP contribution < -0.4 is 0 Å². The number of methoxy groups -OCH3 is 1. The predicted octanol–water partition coefficient (Wildman–Crippen LogP) is 3.73. The summed E-state index contributed by atoms with van der Waals surface area (Å²) in [7, 11) is -2.52. The first-order chi connectivity index (χ1) is 12.8. The highest BCUT2D eigenvalue weighted by molar-refractivity contribution is 7.90. The highest BCUT2D eigenvalue weighted by Crippen LogP contribution is 2.47. The molecule has 1 heterocycles. The lowest BCUT2D eigenvalue weighted by molar-refractivity contribution is -0.133. The molecule has 1 aliphatic carbocycles. The van der Waals surface area contributed by atoms with E-state index in [2.05, 4.69) is 0 Å². The molecule has 0 aliphatic heterocycles. The van der Waals surface area contributed by atoms with E-state index in [1.807, 2.05) is 26.0 Å². The number of hydrogen-bond donors (Lipinski definition) is 0. The SMILES string of the molecule is COC(=O)C1=CC(C)(C)c2c1c1ccccc1n2S(=O)(=O)c1ccccc1. The molecule has 0 radical (unpaired) electrons. The number of hydrogen-bond acceptors (Lipinski definition) is 4. The number of allylic oxidation sites excluding steroid dienone is 1. The molecule has 0 N–H and O–H groups in total. The molecular formula is C21H19NO4S. The maximum Gasteiger partial charge on any atom is 0.338 e. The summed E-state index contributed by atoms with van der Waals surface area (Å²) in [6.45, 7) is 3.80. The Morgan fingerprint density at radius 3 is 2.30 bits per heavy atom. The van der Waals surface area contributed by atoms with Crippen molar-refractivity contribution in [1.29, 1.82) is 0 Å². The fourth-order valence-corrected chi connectivity index (χ4v) is 5.49. The minimum Gasteiger partial charge on any atom is -0.465 e. The number of aromatic nitrogens is 1. The second kappa shape index (κ2) is 5.82. The Morgan fingerprint density at radius 2 is 1.63 bits per heavy atom. The molecule has 0 fully saturated rings. The minimum absolute atomic E-state index is 0.205. The van der Waals surface area contributed by atoms with Gasteiger partial charge in [0.25, 0.3) is 10.0 Å². The molecule has 0 spiro atoms. The number of nitrogens with zero attached hydrogens (tertiary/aromatic N) is 1. The Kier molecular flexibility index (Phi) is 3.78. The first-order valence-electron chi connectivity index (χ1n) is 8.55. The molecule has 1 aliphatic rings. The molecule has 1 aromatic heterocycles. The summed E-state index contributed by atoms with van der Waals surface area (Å²) in [6.07, 6.45) is 1.78. The second-order valence-corrected chi connectivity index (χ2v) is 8.88. The largest absolute Gasteiger partial charge is 0.465 e. The van der Waals surface area contributed by atoms with Crippen molar-refractivity contribution >= 4 is 32.5 Å². The fourth-order valence-electron chi connectivity index (χ4n) is 3.79. The second-order valence-electron chi connectivity index (χ2n) is 7.09. The van der Waals surface area contributed by atoms with Crippen molar-refractivity contribution in [3.05, 3.63) is 71.9 Å². The molecule has 4 rings (SSSR count). The monoisotopic (exact) mass is 381 g/mol. The third-order valence-electron chi connectivity index (χ3n) is 4.90. The van der Waals surface area contributed by atoms with Crippen LogP contribution in [0.25, 0.3) is 16.5 Å². The topological polar surface area (TPSA) is 65.4 Å². The molecule has 0 saturated heterocycles. The van der Waals surface area contributed by atoms with Crippen LogP contribution in [0, 0.1) is 0 Å². The van der Waals surface area contributed by atoms with E-state index in [0.29, 0.717) is 27.7 Å². The number of ether oxygens (including phenoxy) is 1. The molecule has 2 aromatic carbocycles. The summed E-state index contributed by atoms with van der Waals surface area (Å²) in [5.41, 5.74) is 1.50. The molecule has 0 amide bonds. The summed E-state index contributed by atoms with van der Waals surface area (Å²) < 4.78 is 33.4. The van der Waals surface area contributed by atoms with E-state index in [1.54, 1.807) is 48.5 Å². The Labute approximate surface area is 157 Å². The van der Waals surface area contributed by atoms with Crippen LogP contribution >= 0.6 is 0 Å². The zero-order valence-corrected chi connectivity index (χ0v) is 16.1. The normalized spacial score (nSPS) is 15.4. The van der Waals surface area contributed by atoms with E-state index >= 15 is 0 Å². The smallest absolute Gasteiger partial charge is 0.338 e. The highest BCUT2D eigenvalue weighted by Gasteiger charge is 2.41. The zero-order valence-electron chi connectivity index (χ0n) is 15.3. The van der Waals surface area contributed by atoms with Crippen molar-refractivity contribution in [2.45, 2.75) is 24.2 Å². The fraction of sp³-hybridized carbons (Fsp3) is 0.190. The molecular weight excluding hydrogens is 362 g/mol. The maximum atomic E-state index is 13.5. The van der Waals surface area contributed by atoms with Gasteiger partial charge < -0.3 is 4.74 Å². The summed E-state index contributed by atoms with van der Waals surface area (Å²) in [5.74, 6) is -0.471. The van der Waals surface area contributed by atoms with Gasteiger partial charge in [-0.15, -0.1) is 0 Å². The average Bonchev–Trinajstić information content (AvgIpc) is 3.15. The maximum absolute atomic E-state index is 13.5. The molecule has 3 aromatic rings. The Bertz CT molecular complexity index is 1200. The lowest BCUT2D eigenvalue weighted by atomic mass is 9.92. The van der Waals surface area contributed by atoms with Crippen molar-refractivity contribution in [1.82, 2.24) is 3.97 Å². The van der Waals surface area contributed by atoms with Gasteiger partial charge in [0.05, 0.1) is 28.8 Å². The van der Waals surface area contributed by atoms with E-state index < -0.39 is 21.4 Å². The predicted molar refractivity (Wildman–Crippen MR) is 104 cm³/mol. The van der Waals surface area contributed by atoms with Crippen LogP contribution in [0.3, 0.4) is 0 Å². The third-order valence-corrected chi connectivity index (χ3v) is 6.63. The van der Waals surface area contributed by atoms with Crippen molar-refractivity contribution < 1.29 is 17.9 Å². The van der Waals surface area contributed by atoms with Crippen LogP contribution in [0.1, 0.15) is 25.1 Å². The van der Waals surface area contributed by atoms with Crippen LogP contribution in [-0.4, -0.2) is 25.5 Å². The number of carbonyl (C=O) groups is 1. The van der Waals surface area contributed by atoms with Crippen molar-refractivity contribution in [3.63, 3.8) is 0 Å². The molecule has 6 heteroatoms. The average molecular weight is 381 g/mol. The van der Waals surface area contributed by atoms with Gasteiger partial charge in [0.1, 0.15) is 0 Å². The van der Waals surface area contributed by atoms with E-state index in [4.69, 9.17) is 4.74 Å². The number of esters is 1. The van der Waals surface area contributed by atoms with E-state index in [-0.39, 0.29) is 4.90 Å². The summed E-state index contributed by atoms with van der Waals surface area (Å²) in [4.78, 5) is 12.6. The Balaban J connectivity index is 2.14. The molecule has 0 bridgehead atoms.